The van der Waals surface area contributed by atoms with Gasteiger partial charge in [-0.25, -0.2) is 9.97 Å². The third kappa shape index (κ3) is 4.36. The summed E-state index contributed by atoms with van der Waals surface area (Å²) in [4.78, 5) is 25.0. The number of aryl methyl sites for hydroxylation is 1. The van der Waals surface area contributed by atoms with E-state index in [0.29, 0.717) is 43.0 Å². The van der Waals surface area contributed by atoms with Crippen LogP contribution in [0.15, 0.2) is 23.1 Å². The molecular formula is C16H17F3N4O2. The topological polar surface area (TPSA) is 71.1 Å². The third-order valence-electron chi connectivity index (χ3n) is 3.88. The molecule has 25 heavy (non-hydrogen) atoms. The van der Waals surface area contributed by atoms with Gasteiger partial charge in [0.15, 0.2) is 6.61 Å². The molecule has 2 aromatic heterocycles. The van der Waals surface area contributed by atoms with Crippen LogP contribution < -0.4 is 10.3 Å². The predicted molar refractivity (Wildman–Crippen MR) is 83.2 cm³/mol. The Bertz CT molecular complexity index is 820. The molecule has 0 bridgehead atoms. The van der Waals surface area contributed by atoms with Crippen LogP contribution >= 0.6 is 0 Å². The van der Waals surface area contributed by atoms with Crippen molar-refractivity contribution in [2.24, 2.45) is 0 Å². The lowest BCUT2D eigenvalue weighted by Gasteiger charge is -2.28. The molecule has 1 aliphatic rings. The average molecular weight is 354 g/mol. The van der Waals surface area contributed by atoms with Crippen molar-refractivity contribution >= 4 is 0 Å². The highest BCUT2D eigenvalue weighted by Crippen LogP contribution is 2.23. The monoisotopic (exact) mass is 354 g/mol. The first-order valence-corrected chi connectivity index (χ1v) is 7.76. The Morgan fingerprint density at radius 1 is 1.40 bits per heavy atom. The number of nitrogens with one attached hydrogen (secondary N) is 1. The number of fused-ring (bicyclic) bond motifs is 1. The first-order chi connectivity index (χ1) is 11.8. The van der Waals surface area contributed by atoms with Gasteiger partial charge in [0.1, 0.15) is 5.82 Å². The Hall–Kier alpha value is -2.42. The molecule has 1 aliphatic heterocycles. The molecule has 0 atom stereocenters. The minimum atomic E-state index is -4.42. The third-order valence-corrected chi connectivity index (χ3v) is 3.88. The maximum absolute atomic E-state index is 12.4. The summed E-state index contributed by atoms with van der Waals surface area (Å²) in [5.74, 6) is 0.536. The SMILES string of the molecule is Cc1nc2c(c(=O)[nH]1)CN(Cc1cccnc1OCC(F)(F)F)CC2. The number of hydrogen-bond acceptors (Lipinski definition) is 5. The number of aromatic amines is 1. The highest BCUT2D eigenvalue weighted by atomic mass is 19.4. The van der Waals surface area contributed by atoms with Crippen LogP contribution in [0.25, 0.3) is 0 Å². The zero-order valence-corrected chi connectivity index (χ0v) is 13.6. The van der Waals surface area contributed by atoms with Gasteiger partial charge >= 0.3 is 6.18 Å². The highest BCUT2D eigenvalue weighted by molar-refractivity contribution is 5.27. The molecule has 3 heterocycles. The van der Waals surface area contributed by atoms with Gasteiger partial charge in [-0.3, -0.25) is 9.69 Å². The van der Waals surface area contributed by atoms with E-state index in [1.165, 1.54) is 6.20 Å². The summed E-state index contributed by atoms with van der Waals surface area (Å²) in [5.41, 5.74) is 1.74. The number of ether oxygens (including phenoxy) is 1. The zero-order chi connectivity index (χ0) is 18.0. The van der Waals surface area contributed by atoms with Crippen molar-refractivity contribution in [2.75, 3.05) is 13.2 Å². The second-order valence-corrected chi connectivity index (χ2v) is 5.91. The van der Waals surface area contributed by atoms with E-state index >= 15 is 0 Å². The summed E-state index contributed by atoms with van der Waals surface area (Å²) < 4.78 is 41.9. The molecule has 9 heteroatoms. The van der Waals surface area contributed by atoms with Crippen molar-refractivity contribution in [1.82, 2.24) is 19.9 Å². The first kappa shape index (κ1) is 17.4. The molecule has 0 fully saturated rings. The minimum Gasteiger partial charge on any atom is -0.468 e. The summed E-state index contributed by atoms with van der Waals surface area (Å²) in [6.07, 6.45) is -2.42. The molecule has 0 saturated heterocycles. The van der Waals surface area contributed by atoms with Crippen LogP contribution in [0.3, 0.4) is 0 Å². The van der Waals surface area contributed by atoms with E-state index in [4.69, 9.17) is 4.74 Å². The van der Waals surface area contributed by atoms with Crippen molar-refractivity contribution in [3.8, 4) is 5.88 Å². The molecular weight excluding hydrogens is 337 g/mol. The molecule has 3 rings (SSSR count). The van der Waals surface area contributed by atoms with E-state index in [-0.39, 0.29) is 11.4 Å². The van der Waals surface area contributed by atoms with E-state index < -0.39 is 12.8 Å². The van der Waals surface area contributed by atoms with Gasteiger partial charge in [0.05, 0.1) is 11.3 Å². The van der Waals surface area contributed by atoms with Crippen LogP contribution in [0.1, 0.15) is 22.6 Å². The first-order valence-electron chi connectivity index (χ1n) is 7.76. The van der Waals surface area contributed by atoms with Gasteiger partial charge in [0.2, 0.25) is 5.88 Å². The summed E-state index contributed by atoms with van der Waals surface area (Å²) in [5, 5.41) is 0. The van der Waals surface area contributed by atoms with Crippen LogP contribution in [0.2, 0.25) is 0 Å². The number of nitrogens with zero attached hydrogens (tertiary/aromatic N) is 3. The van der Waals surface area contributed by atoms with Crippen LogP contribution in [-0.4, -0.2) is 39.2 Å². The number of halogens is 3. The number of H-pyrrole nitrogens is 1. The van der Waals surface area contributed by atoms with Gasteiger partial charge in [-0.05, 0) is 13.0 Å². The Morgan fingerprint density at radius 2 is 2.20 bits per heavy atom. The number of pyridine rings is 1. The maximum atomic E-state index is 12.4. The lowest BCUT2D eigenvalue weighted by Crippen LogP contribution is -2.35. The fourth-order valence-electron chi connectivity index (χ4n) is 2.81. The van der Waals surface area contributed by atoms with E-state index in [0.717, 1.165) is 5.69 Å². The molecule has 2 aromatic rings. The number of aromatic nitrogens is 3. The second kappa shape index (κ2) is 6.83. The normalized spacial score (nSPS) is 15.0. The van der Waals surface area contributed by atoms with Gasteiger partial charge in [0, 0.05) is 37.8 Å². The summed E-state index contributed by atoms with van der Waals surface area (Å²) in [6.45, 7) is 1.71. The van der Waals surface area contributed by atoms with Crippen molar-refractivity contribution in [3.05, 3.63) is 51.3 Å². The van der Waals surface area contributed by atoms with Gasteiger partial charge in [-0.1, -0.05) is 6.07 Å². The molecule has 0 radical (unpaired) electrons. The number of rotatable bonds is 4. The van der Waals surface area contributed by atoms with Crippen molar-refractivity contribution in [1.29, 1.82) is 0 Å². The van der Waals surface area contributed by atoms with Crippen molar-refractivity contribution in [2.45, 2.75) is 32.6 Å². The highest BCUT2D eigenvalue weighted by Gasteiger charge is 2.29. The maximum Gasteiger partial charge on any atom is 0.422 e. The zero-order valence-electron chi connectivity index (χ0n) is 13.6. The molecule has 0 aliphatic carbocycles. The van der Waals surface area contributed by atoms with Crippen molar-refractivity contribution in [3.63, 3.8) is 0 Å². The van der Waals surface area contributed by atoms with E-state index in [2.05, 4.69) is 15.0 Å². The van der Waals surface area contributed by atoms with Crippen LogP contribution in [0.4, 0.5) is 13.2 Å². The average Bonchev–Trinajstić information content (AvgIpc) is 2.54. The second-order valence-electron chi connectivity index (χ2n) is 5.91. The lowest BCUT2D eigenvalue weighted by molar-refractivity contribution is -0.154. The van der Waals surface area contributed by atoms with Gasteiger partial charge in [-0.15, -0.1) is 0 Å². The summed E-state index contributed by atoms with van der Waals surface area (Å²) >= 11 is 0. The van der Waals surface area contributed by atoms with Crippen molar-refractivity contribution < 1.29 is 17.9 Å². The summed E-state index contributed by atoms with van der Waals surface area (Å²) in [7, 11) is 0. The molecule has 6 nitrogen and oxygen atoms in total. The smallest absolute Gasteiger partial charge is 0.422 e. The molecule has 0 amide bonds. The number of hydrogen-bond donors (Lipinski definition) is 1. The van der Waals surface area contributed by atoms with Gasteiger partial charge in [0.25, 0.3) is 5.56 Å². The Balaban J connectivity index is 1.74. The standard InChI is InChI=1S/C16H17F3N4O2/c1-10-21-13-4-6-23(8-12(13)14(24)22-10)7-11-3-2-5-20-15(11)25-9-16(17,18)19/h2-3,5H,4,6-9H2,1H3,(H,21,22,24). The van der Waals surface area contributed by atoms with E-state index in [1.807, 2.05) is 4.90 Å². The van der Waals surface area contributed by atoms with E-state index in [9.17, 15) is 18.0 Å². The minimum absolute atomic E-state index is 0.0402. The summed E-state index contributed by atoms with van der Waals surface area (Å²) in [6, 6.07) is 3.32. The van der Waals surface area contributed by atoms with Crippen LogP contribution in [-0.2, 0) is 19.5 Å². The fourth-order valence-corrected chi connectivity index (χ4v) is 2.81. The molecule has 134 valence electrons. The largest absolute Gasteiger partial charge is 0.468 e. The Morgan fingerprint density at radius 3 is 2.96 bits per heavy atom. The fraction of sp³-hybridized carbons (Fsp3) is 0.438. The Labute approximate surface area is 141 Å². The molecule has 0 spiro atoms. The molecule has 1 N–H and O–H groups in total. The van der Waals surface area contributed by atoms with Gasteiger partial charge in [-0.2, -0.15) is 13.2 Å². The lowest BCUT2D eigenvalue weighted by atomic mass is 10.1. The molecule has 0 saturated carbocycles. The predicted octanol–water partition coefficient (Wildman–Crippen LogP) is 1.97. The van der Waals surface area contributed by atoms with Crippen LogP contribution in [0, 0.1) is 6.92 Å². The van der Waals surface area contributed by atoms with Crippen LogP contribution in [0.5, 0.6) is 5.88 Å². The van der Waals surface area contributed by atoms with E-state index in [1.54, 1.807) is 19.1 Å². The molecule has 0 aromatic carbocycles. The molecule has 0 unspecified atom stereocenters. The van der Waals surface area contributed by atoms with Gasteiger partial charge < -0.3 is 9.72 Å². The Kier molecular flexibility index (Phi) is 4.76. The quantitative estimate of drug-likeness (QED) is 0.909. The number of alkyl halides is 3.